The molecule has 0 unspecified atom stereocenters. The molecule has 100 valence electrons. The van der Waals surface area contributed by atoms with Crippen LogP contribution in [0.25, 0.3) is 0 Å². The average Bonchev–Trinajstić information content (AvgIpc) is 2.30. The van der Waals surface area contributed by atoms with E-state index in [0.29, 0.717) is 5.56 Å². The second kappa shape index (κ2) is 10.1. The van der Waals surface area contributed by atoms with E-state index < -0.39 is 11.9 Å². The normalized spacial score (nSPS) is 7.42. The number of isocyanates is 2. The van der Waals surface area contributed by atoms with Crippen molar-refractivity contribution in [3.05, 3.63) is 34.9 Å². The van der Waals surface area contributed by atoms with Gasteiger partial charge in [-0.1, -0.05) is 0 Å². The molecule has 0 saturated carbocycles. The number of carbonyl (C=O) groups is 2. The zero-order valence-electron chi connectivity index (χ0n) is 9.76. The van der Waals surface area contributed by atoms with E-state index in [1.54, 1.807) is 6.92 Å². The Hall–Kier alpha value is -3.08. The van der Waals surface area contributed by atoms with Crippen LogP contribution in [0.4, 0.5) is 0 Å². The molecule has 0 aromatic heterocycles. The lowest BCUT2D eigenvalue weighted by atomic mass is 10.1. The summed E-state index contributed by atoms with van der Waals surface area (Å²) in [5, 5.41) is 28.1. The van der Waals surface area contributed by atoms with Crippen LogP contribution in [0.2, 0.25) is 0 Å². The third kappa shape index (κ3) is 8.70. The molecule has 8 heteroatoms. The standard InChI is InChI=1S/C9H8O4.2CHNO/c1-5-2-6(8(10)11)4-7(3-5)9(12)13;2*2-1-3/h2-4H,1H3,(H,10,11)(H,12,13);2*2H. The molecule has 1 rings (SSSR count). The second-order valence-corrected chi connectivity index (χ2v) is 2.90. The molecular weight excluding hydrogens is 256 g/mol. The van der Waals surface area contributed by atoms with Gasteiger partial charge in [-0.15, -0.1) is 0 Å². The number of rotatable bonds is 2. The van der Waals surface area contributed by atoms with Gasteiger partial charge in [-0.3, -0.25) is 0 Å². The van der Waals surface area contributed by atoms with Gasteiger partial charge in [0.2, 0.25) is 12.2 Å². The number of carboxylic acids is 2. The molecule has 8 nitrogen and oxygen atoms in total. The van der Waals surface area contributed by atoms with Crippen molar-refractivity contribution >= 4 is 24.1 Å². The largest absolute Gasteiger partial charge is 0.478 e. The molecule has 0 aliphatic heterocycles. The smallest absolute Gasteiger partial charge is 0.335 e. The van der Waals surface area contributed by atoms with Crippen LogP contribution in [0.15, 0.2) is 18.2 Å². The minimum atomic E-state index is -1.12. The van der Waals surface area contributed by atoms with E-state index in [2.05, 4.69) is 0 Å². The van der Waals surface area contributed by atoms with Crippen LogP contribution in [0.5, 0.6) is 0 Å². The maximum atomic E-state index is 10.5. The minimum Gasteiger partial charge on any atom is -0.478 e. The zero-order valence-corrected chi connectivity index (χ0v) is 9.76. The molecule has 19 heavy (non-hydrogen) atoms. The average molecular weight is 266 g/mol. The molecule has 1 aromatic carbocycles. The summed E-state index contributed by atoms with van der Waals surface area (Å²) in [7, 11) is 0. The molecule has 4 N–H and O–H groups in total. The molecule has 0 atom stereocenters. The van der Waals surface area contributed by atoms with Crippen molar-refractivity contribution in [1.82, 2.24) is 0 Å². The van der Waals surface area contributed by atoms with Gasteiger partial charge < -0.3 is 10.2 Å². The van der Waals surface area contributed by atoms with E-state index in [9.17, 15) is 9.59 Å². The summed E-state index contributed by atoms with van der Waals surface area (Å²) in [6, 6.07) is 3.99. The Bertz CT molecular complexity index is 482. The molecule has 1 aromatic rings. The maximum absolute atomic E-state index is 10.5. The predicted molar refractivity (Wildman–Crippen MR) is 61.9 cm³/mol. The molecule has 0 bridgehead atoms. The topological polar surface area (TPSA) is 156 Å². The highest BCUT2D eigenvalue weighted by Crippen LogP contribution is 2.09. The number of hydrogen-bond acceptors (Lipinski definition) is 6. The molecule has 0 amide bonds. The van der Waals surface area contributed by atoms with Gasteiger partial charge in [0.05, 0.1) is 11.1 Å². The van der Waals surface area contributed by atoms with Gasteiger partial charge >= 0.3 is 11.9 Å². The van der Waals surface area contributed by atoms with Crippen LogP contribution in [0, 0.1) is 17.7 Å². The van der Waals surface area contributed by atoms with Gasteiger partial charge in [0.15, 0.2) is 0 Å². The third-order valence-electron chi connectivity index (χ3n) is 1.57. The lowest BCUT2D eigenvalue weighted by molar-refractivity contribution is 0.0696. The monoisotopic (exact) mass is 266 g/mol. The van der Waals surface area contributed by atoms with Crippen LogP contribution in [0.1, 0.15) is 26.3 Å². The second-order valence-electron chi connectivity index (χ2n) is 2.90. The SMILES string of the molecule is Cc1cc(C(=O)O)cc(C(=O)O)c1.N=C=O.N=C=O. The Balaban J connectivity index is 0. The number of aryl methyl sites for hydroxylation is 1. The lowest BCUT2D eigenvalue weighted by Gasteiger charge is -1.99. The van der Waals surface area contributed by atoms with E-state index in [1.807, 2.05) is 0 Å². The van der Waals surface area contributed by atoms with Gasteiger partial charge in [0, 0.05) is 0 Å². The Morgan fingerprint density at radius 2 is 1.21 bits per heavy atom. The molecule has 0 aliphatic rings. The summed E-state index contributed by atoms with van der Waals surface area (Å²) < 4.78 is 0. The Kier molecular flexibility index (Phi) is 9.72. The number of nitrogens with one attached hydrogen (secondary N) is 2. The first-order chi connectivity index (χ1) is 8.83. The van der Waals surface area contributed by atoms with Gasteiger partial charge in [0.25, 0.3) is 0 Å². The molecule has 0 saturated heterocycles. The Morgan fingerprint density at radius 1 is 0.947 bits per heavy atom. The third-order valence-corrected chi connectivity index (χ3v) is 1.57. The number of aromatic carboxylic acids is 2. The van der Waals surface area contributed by atoms with E-state index in [1.165, 1.54) is 12.1 Å². The predicted octanol–water partition coefficient (Wildman–Crippen LogP) is 1.19. The summed E-state index contributed by atoms with van der Waals surface area (Å²) in [4.78, 5) is 37.8. The quantitative estimate of drug-likeness (QED) is 0.465. The van der Waals surface area contributed by atoms with E-state index >= 15 is 0 Å². The number of benzene rings is 1. The fourth-order valence-corrected chi connectivity index (χ4v) is 1.03. The summed E-state index contributed by atoms with van der Waals surface area (Å²) in [5.74, 6) is -2.24. The van der Waals surface area contributed by atoms with Crippen LogP contribution >= 0.6 is 0 Å². The van der Waals surface area contributed by atoms with Crippen molar-refractivity contribution in [3.8, 4) is 0 Å². The van der Waals surface area contributed by atoms with Crippen molar-refractivity contribution in [2.75, 3.05) is 0 Å². The number of carboxylic acid groups (broad SMARTS) is 2. The summed E-state index contributed by atoms with van der Waals surface area (Å²) >= 11 is 0. The van der Waals surface area contributed by atoms with Crippen molar-refractivity contribution < 1.29 is 29.4 Å². The van der Waals surface area contributed by atoms with E-state index in [0.717, 1.165) is 18.2 Å². The van der Waals surface area contributed by atoms with Gasteiger partial charge in [-0.2, -0.15) is 0 Å². The van der Waals surface area contributed by atoms with Crippen LogP contribution in [0.3, 0.4) is 0 Å². The highest BCUT2D eigenvalue weighted by molar-refractivity contribution is 5.94. The number of carbonyl (C=O) groups excluding carboxylic acids is 2. The maximum Gasteiger partial charge on any atom is 0.335 e. The van der Waals surface area contributed by atoms with Crippen molar-refractivity contribution in [2.45, 2.75) is 6.92 Å². The van der Waals surface area contributed by atoms with Gasteiger partial charge in [0.1, 0.15) is 0 Å². The molecule has 0 heterocycles. The number of hydrogen-bond donors (Lipinski definition) is 4. The Labute approximate surface area is 107 Å². The molecule has 0 aliphatic carbocycles. The summed E-state index contributed by atoms with van der Waals surface area (Å²) in [5.41, 5.74) is 0.618. The van der Waals surface area contributed by atoms with E-state index in [-0.39, 0.29) is 11.1 Å². The first kappa shape index (κ1) is 18.3. The van der Waals surface area contributed by atoms with Crippen LogP contribution < -0.4 is 0 Å². The molecule has 0 radical (unpaired) electrons. The van der Waals surface area contributed by atoms with Crippen molar-refractivity contribution in [1.29, 1.82) is 10.8 Å². The molecule has 0 spiro atoms. The summed E-state index contributed by atoms with van der Waals surface area (Å²) in [6.45, 7) is 1.65. The van der Waals surface area contributed by atoms with Crippen LogP contribution in [-0.2, 0) is 9.59 Å². The molecular formula is C11H10N2O6. The first-order valence-corrected chi connectivity index (χ1v) is 4.50. The minimum absolute atomic E-state index is 0.00241. The van der Waals surface area contributed by atoms with Crippen molar-refractivity contribution in [2.24, 2.45) is 0 Å². The lowest BCUT2D eigenvalue weighted by Crippen LogP contribution is -2.02. The zero-order chi connectivity index (χ0) is 15.4. The fourth-order valence-electron chi connectivity index (χ4n) is 1.03. The van der Waals surface area contributed by atoms with Crippen LogP contribution in [-0.4, -0.2) is 34.3 Å². The highest BCUT2D eigenvalue weighted by atomic mass is 16.4. The Morgan fingerprint density at radius 3 is 1.42 bits per heavy atom. The van der Waals surface area contributed by atoms with E-state index in [4.69, 9.17) is 30.6 Å². The fraction of sp³-hybridized carbons (Fsp3) is 0.0909. The highest BCUT2D eigenvalue weighted by Gasteiger charge is 2.09. The first-order valence-electron chi connectivity index (χ1n) is 4.50. The van der Waals surface area contributed by atoms with Crippen molar-refractivity contribution in [3.63, 3.8) is 0 Å². The molecule has 0 fully saturated rings. The van der Waals surface area contributed by atoms with Gasteiger partial charge in [-0.05, 0) is 30.7 Å². The summed E-state index contributed by atoms with van der Waals surface area (Å²) in [6.07, 6.45) is 1.50. The van der Waals surface area contributed by atoms with Gasteiger partial charge in [-0.25, -0.2) is 30.0 Å².